The molecule has 0 aromatic heterocycles. The van der Waals surface area contributed by atoms with Gasteiger partial charge in [-0.05, 0) is 24.6 Å². The Balaban J connectivity index is 2.19. The third kappa shape index (κ3) is 3.70. The molecule has 0 spiro atoms. The van der Waals surface area contributed by atoms with Gasteiger partial charge in [-0.25, -0.2) is 14.0 Å². The minimum Gasteiger partial charge on any atom is -0.507 e. The first-order valence-corrected chi connectivity index (χ1v) is 7.50. The molecule has 0 aromatic carbocycles. The van der Waals surface area contributed by atoms with Crippen LogP contribution in [0, 0.1) is 0 Å². The quantitative estimate of drug-likeness (QED) is 0.575. The van der Waals surface area contributed by atoms with Crippen molar-refractivity contribution < 1.29 is 28.6 Å². The van der Waals surface area contributed by atoms with Gasteiger partial charge in [0.15, 0.2) is 0 Å². The van der Waals surface area contributed by atoms with Crippen LogP contribution < -0.4 is 0 Å². The summed E-state index contributed by atoms with van der Waals surface area (Å²) in [5.74, 6) is -1.44. The number of aliphatic hydroxyl groups excluding tert-OH is 1. The topological polar surface area (TPSA) is 72.8 Å². The van der Waals surface area contributed by atoms with Crippen LogP contribution in [0.15, 0.2) is 46.5 Å². The Hall–Kier alpha value is -2.37. The van der Waals surface area contributed by atoms with Gasteiger partial charge in [-0.15, -0.1) is 0 Å². The van der Waals surface area contributed by atoms with Gasteiger partial charge in [0.05, 0.1) is 12.7 Å². The lowest BCUT2D eigenvalue weighted by Crippen LogP contribution is -2.05. The van der Waals surface area contributed by atoms with Crippen LogP contribution >= 0.6 is 0 Å². The third-order valence-electron chi connectivity index (χ3n) is 3.64. The molecule has 2 aliphatic rings. The molecule has 5 nitrogen and oxygen atoms in total. The summed E-state index contributed by atoms with van der Waals surface area (Å²) in [5, 5.41) is 10.1. The number of halogens is 1. The van der Waals surface area contributed by atoms with E-state index in [1.807, 2.05) is 6.92 Å². The largest absolute Gasteiger partial charge is 0.507 e. The number of rotatable bonds is 7. The fraction of sp³-hybridized carbons (Fsp3) is 0.412. The smallest absolute Gasteiger partial charge is 0.348 e. The highest BCUT2D eigenvalue weighted by atomic mass is 19.1. The van der Waals surface area contributed by atoms with Crippen LogP contribution in [-0.2, 0) is 19.1 Å². The molecule has 1 heterocycles. The number of methoxy groups -OCH3 is 1. The summed E-state index contributed by atoms with van der Waals surface area (Å²) in [6.45, 7) is 1.97. The van der Waals surface area contributed by atoms with E-state index in [4.69, 9.17) is 4.74 Å². The molecule has 0 amide bonds. The van der Waals surface area contributed by atoms with E-state index in [0.717, 1.165) is 12.8 Å². The number of aliphatic hydroxyl groups is 1. The number of carbonyl (C=O) groups excluding carboxylic acids is 2. The fourth-order valence-corrected chi connectivity index (χ4v) is 2.39. The number of hydrogen-bond acceptors (Lipinski definition) is 5. The number of fused-ring (bicyclic) bond motifs is 1. The van der Waals surface area contributed by atoms with Crippen molar-refractivity contribution in [2.24, 2.45) is 0 Å². The van der Waals surface area contributed by atoms with Crippen molar-refractivity contribution in [1.29, 1.82) is 0 Å². The van der Waals surface area contributed by atoms with E-state index in [1.165, 1.54) is 25.3 Å². The Bertz CT molecular complexity index is 639. The van der Waals surface area contributed by atoms with E-state index < -0.39 is 18.1 Å². The number of ether oxygens (including phenoxy) is 2. The van der Waals surface area contributed by atoms with Crippen molar-refractivity contribution in [3.8, 4) is 0 Å². The van der Waals surface area contributed by atoms with Crippen molar-refractivity contribution in [1.82, 2.24) is 0 Å². The molecule has 1 unspecified atom stereocenters. The van der Waals surface area contributed by atoms with Gasteiger partial charge in [0, 0.05) is 12.0 Å². The minimum absolute atomic E-state index is 0.0164. The van der Waals surface area contributed by atoms with Gasteiger partial charge in [0.25, 0.3) is 0 Å². The lowest BCUT2D eigenvalue weighted by atomic mass is 10.1. The highest BCUT2D eigenvalue weighted by Crippen LogP contribution is 2.36. The maximum absolute atomic E-state index is 13.6. The lowest BCUT2D eigenvalue weighted by molar-refractivity contribution is -0.136. The molecule has 0 aromatic rings. The molecule has 23 heavy (non-hydrogen) atoms. The van der Waals surface area contributed by atoms with E-state index in [0.29, 0.717) is 12.0 Å². The zero-order valence-corrected chi connectivity index (χ0v) is 13.1. The Morgan fingerprint density at radius 2 is 2.22 bits per heavy atom. The highest BCUT2D eigenvalue weighted by Gasteiger charge is 2.35. The Kier molecular flexibility index (Phi) is 5.36. The summed E-state index contributed by atoms with van der Waals surface area (Å²) in [5.41, 5.74) is 0.479. The normalized spacial score (nSPS) is 18.4. The molecule has 0 saturated carbocycles. The standard InChI is InChI=1S/C17H19FO5/c1-3-4-5-11(18)6-7-13(19)15-12-8-10(16(20)22-2)9-14(12)23-17(15)21/h7-9,11,19H,3-6H2,1-2H3/b13-7+. The molecule has 1 N–H and O–H groups in total. The second kappa shape index (κ2) is 7.26. The van der Waals surface area contributed by atoms with Crippen LogP contribution in [0.5, 0.6) is 0 Å². The Morgan fingerprint density at radius 3 is 2.87 bits per heavy atom. The summed E-state index contributed by atoms with van der Waals surface area (Å²) in [7, 11) is 1.24. The summed E-state index contributed by atoms with van der Waals surface area (Å²) >= 11 is 0. The van der Waals surface area contributed by atoms with E-state index in [-0.39, 0.29) is 29.1 Å². The predicted molar refractivity (Wildman–Crippen MR) is 81.0 cm³/mol. The summed E-state index contributed by atoms with van der Waals surface area (Å²) in [4.78, 5) is 23.3. The van der Waals surface area contributed by atoms with Gasteiger partial charge in [0.1, 0.15) is 23.3 Å². The Labute approximate surface area is 133 Å². The van der Waals surface area contributed by atoms with Crippen LogP contribution in [0.4, 0.5) is 4.39 Å². The van der Waals surface area contributed by atoms with Gasteiger partial charge in [-0.3, -0.25) is 0 Å². The molecule has 1 atom stereocenters. The highest BCUT2D eigenvalue weighted by molar-refractivity contribution is 6.03. The molecule has 0 radical (unpaired) electrons. The molecule has 0 saturated heterocycles. The van der Waals surface area contributed by atoms with Gasteiger partial charge in [-0.2, -0.15) is 0 Å². The third-order valence-corrected chi connectivity index (χ3v) is 3.64. The monoisotopic (exact) mass is 322 g/mol. The minimum atomic E-state index is -1.07. The van der Waals surface area contributed by atoms with Crippen LogP contribution in [0.25, 0.3) is 0 Å². The Morgan fingerprint density at radius 1 is 1.48 bits per heavy atom. The first-order valence-electron chi connectivity index (χ1n) is 7.50. The fourth-order valence-electron chi connectivity index (χ4n) is 2.39. The number of allylic oxidation sites excluding steroid dienone is 2. The zero-order valence-electron chi connectivity index (χ0n) is 13.1. The van der Waals surface area contributed by atoms with Gasteiger partial charge < -0.3 is 14.6 Å². The first kappa shape index (κ1) is 17.0. The van der Waals surface area contributed by atoms with E-state index in [1.54, 1.807) is 0 Å². The first-order chi connectivity index (χ1) is 11.0. The molecule has 1 aliphatic carbocycles. The number of esters is 2. The number of alkyl halides is 1. The maximum Gasteiger partial charge on any atom is 0.348 e. The van der Waals surface area contributed by atoms with Crippen molar-refractivity contribution in [3.63, 3.8) is 0 Å². The van der Waals surface area contributed by atoms with Gasteiger partial charge >= 0.3 is 11.9 Å². The molecule has 1 aliphatic heterocycles. The molecule has 0 fully saturated rings. The second-order valence-electron chi connectivity index (χ2n) is 5.34. The molecule has 124 valence electrons. The number of carbonyl (C=O) groups is 2. The molecule has 2 rings (SSSR count). The van der Waals surface area contributed by atoms with Crippen molar-refractivity contribution in [3.05, 3.63) is 46.5 Å². The molecular formula is C17H19FO5. The molecule has 6 heteroatoms. The van der Waals surface area contributed by atoms with E-state index in [2.05, 4.69) is 4.74 Å². The molecular weight excluding hydrogens is 303 g/mol. The van der Waals surface area contributed by atoms with Gasteiger partial charge in [0.2, 0.25) is 0 Å². The SMILES string of the molecule is CCCCC(F)C/C=C(/O)C1=C2C=C(C(=O)OC)C=C2OC1=O. The summed E-state index contributed by atoms with van der Waals surface area (Å²) < 4.78 is 23.2. The van der Waals surface area contributed by atoms with Crippen LogP contribution in [-0.4, -0.2) is 30.3 Å². The van der Waals surface area contributed by atoms with E-state index in [9.17, 15) is 19.1 Å². The van der Waals surface area contributed by atoms with E-state index >= 15 is 0 Å². The zero-order chi connectivity index (χ0) is 17.0. The van der Waals surface area contributed by atoms with Crippen LogP contribution in [0.1, 0.15) is 32.6 Å². The average Bonchev–Trinajstić information content (AvgIpc) is 3.06. The maximum atomic E-state index is 13.6. The lowest BCUT2D eigenvalue weighted by Gasteiger charge is -2.05. The van der Waals surface area contributed by atoms with Crippen molar-refractivity contribution >= 4 is 11.9 Å². The summed E-state index contributed by atoms with van der Waals surface area (Å²) in [6.07, 6.45) is 5.08. The van der Waals surface area contributed by atoms with Crippen LogP contribution in [0.2, 0.25) is 0 Å². The molecule has 0 bridgehead atoms. The number of hydrogen-bond donors (Lipinski definition) is 1. The predicted octanol–water partition coefficient (Wildman–Crippen LogP) is 3.20. The van der Waals surface area contributed by atoms with Gasteiger partial charge in [-0.1, -0.05) is 19.8 Å². The van der Waals surface area contributed by atoms with Crippen molar-refractivity contribution in [2.45, 2.75) is 38.8 Å². The summed E-state index contributed by atoms with van der Waals surface area (Å²) in [6, 6.07) is 0. The number of unbranched alkanes of at least 4 members (excludes halogenated alkanes) is 1. The second-order valence-corrected chi connectivity index (χ2v) is 5.34. The average molecular weight is 322 g/mol. The van der Waals surface area contributed by atoms with Crippen molar-refractivity contribution in [2.75, 3.05) is 7.11 Å². The van der Waals surface area contributed by atoms with Crippen LogP contribution in [0.3, 0.4) is 0 Å².